The van der Waals surface area contributed by atoms with Crippen LogP contribution in [0.3, 0.4) is 0 Å². The molecule has 0 saturated carbocycles. The highest BCUT2D eigenvalue weighted by Gasteiger charge is 2.53. The Labute approximate surface area is 352 Å². The second-order valence-corrected chi connectivity index (χ2v) is 18.9. The minimum Gasteiger partial charge on any atom is -0.411 e. The summed E-state index contributed by atoms with van der Waals surface area (Å²) in [5, 5.41) is 15.6. The summed E-state index contributed by atoms with van der Waals surface area (Å²) in [5.41, 5.74) is 6.16. The molecule has 14 nitrogen and oxygen atoms in total. The van der Waals surface area contributed by atoms with E-state index in [0.29, 0.717) is 47.8 Å². The van der Waals surface area contributed by atoms with Crippen molar-refractivity contribution in [2.45, 2.75) is 98.3 Å². The third-order valence-corrected chi connectivity index (χ3v) is 15.2. The van der Waals surface area contributed by atoms with Gasteiger partial charge in [0.25, 0.3) is 0 Å². The predicted octanol–water partition coefficient (Wildman–Crippen LogP) is 5.60. The Morgan fingerprint density at radius 1 is 0.483 bits per heavy atom. The van der Waals surface area contributed by atoms with Gasteiger partial charge in [0.1, 0.15) is 11.2 Å². The second kappa shape index (κ2) is 16.7. The van der Waals surface area contributed by atoms with E-state index >= 15 is 0 Å². The monoisotopic (exact) mass is 820 g/mol. The summed E-state index contributed by atoms with van der Waals surface area (Å²) >= 11 is 0. The Morgan fingerprint density at radius 3 is 1.23 bits per heavy atom. The number of aromatic nitrogens is 4. The molecule has 2 unspecified atom stereocenters. The van der Waals surface area contributed by atoms with Crippen molar-refractivity contribution in [3.05, 3.63) is 83.6 Å². The largest absolute Gasteiger partial charge is 0.411 e. The number of hydrogen-bond acceptors (Lipinski definition) is 14. The van der Waals surface area contributed by atoms with Crippen molar-refractivity contribution < 1.29 is 27.8 Å². The predicted molar refractivity (Wildman–Crippen MR) is 224 cm³/mol. The van der Waals surface area contributed by atoms with E-state index in [1.807, 2.05) is 0 Å². The van der Waals surface area contributed by atoms with Crippen LogP contribution in [0.25, 0.3) is 0 Å². The van der Waals surface area contributed by atoms with Crippen molar-refractivity contribution in [2.24, 2.45) is 0 Å². The Kier molecular flexibility index (Phi) is 10.9. The van der Waals surface area contributed by atoms with Crippen LogP contribution in [0.1, 0.15) is 97.3 Å². The first-order valence-electron chi connectivity index (χ1n) is 22.7. The Bertz CT molecular complexity index is 1850. The SMILES string of the molecule is c1ccc(C2CCOC2)c(C2CCN([C@@H]3COC4(C3)CN(c3nnco3)C4)CC2)c1.c1ccc(C2CCOC2)c(C2CCN([C@@H]3COC4(C3)CN(c3nnco3)C4)CC2)c1. The average molecular weight is 821 g/mol. The van der Waals surface area contributed by atoms with Gasteiger partial charge in [0.2, 0.25) is 12.8 Å². The smallest absolute Gasteiger partial charge is 0.318 e. The van der Waals surface area contributed by atoms with E-state index < -0.39 is 0 Å². The van der Waals surface area contributed by atoms with Crippen LogP contribution in [0.4, 0.5) is 12.0 Å². The van der Waals surface area contributed by atoms with Gasteiger partial charge in [-0.1, -0.05) is 58.7 Å². The minimum atomic E-state index is -0.0228. The first kappa shape index (κ1) is 39.0. The van der Waals surface area contributed by atoms with Gasteiger partial charge in [-0.2, -0.15) is 0 Å². The molecule has 2 spiro atoms. The van der Waals surface area contributed by atoms with Crippen LogP contribution in [0, 0.1) is 0 Å². The lowest BCUT2D eigenvalue weighted by molar-refractivity contribution is -0.0217. The summed E-state index contributed by atoms with van der Waals surface area (Å²) in [4.78, 5) is 9.57. The summed E-state index contributed by atoms with van der Waals surface area (Å²) in [6, 6.07) is 20.5. The molecule has 12 rings (SSSR count). The van der Waals surface area contributed by atoms with Gasteiger partial charge in [-0.05, 0) is 112 Å². The lowest BCUT2D eigenvalue weighted by atomic mass is 9.81. The Morgan fingerprint density at radius 2 is 0.883 bits per heavy atom. The molecule has 0 N–H and O–H groups in total. The molecule has 2 aromatic heterocycles. The number of anilines is 2. The van der Waals surface area contributed by atoms with Crippen molar-refractivity contribution in [1.82, 2.24) is 30.2 Å². The average Bonchev–Trinajstić information content (AvgIpc) is 4.13. The van der Waals surface area contributed by atoms with Crippen molar-refractivity contribution >= 4 is 12.0 Å². The fourth-order valence-corrected chi connectivity index (χ4v) is 11.9. The topological polar surface area (TPSA) is 128 Å². The molecule has 4 aromatic rings. The third kappa shape index (κ3) is 7.77. The molecule has 320 valence electrons. The first-order valence-corrected chi connectivity index (χ1v) is 22.7. The van der Waals surface area contributed by atoms with Gasteiger partial charge in [0, 0.05) is 37.1 Å². The Hall–Kier alpha value is -3.92. The maximum atomic E-state index is 6.28. The highest BCUT2D eigenvalue weighted by atomic mass is 16.5. The molecule has 8 aliphatic heterocycles. The van der Waals surface area contributed by atoms with Gasteiger partial charge in [0.05, 0.1) is 52.6 Å². The van der Waals surface area contributed by atoms with Crippen molar-refractivity contribution in [2.75, 3.05) is 102 Å². The van der Waals surface area contributed by atoms with Gasteiger partial charge < -0.3 is 37.6 Å². The fourth-order valence-electron chi connectivity index (χ4n) is 11.9. The van der Waals surface area contributed by atoms with Crippen LogP contribution in [0.5, 0.6) is 0 Å². The van der Waals surface area contributed by atoms with Gasteiger partial charge in [-0.25, -0.2) is 0 Å². The van der Waals surface area contributed by atoms with Crippen molar-refractivity contribution in [1.29, 1.82) is 0 Å². The zero-order valence-electron chi connectivity index (χ0n) is 34.8. The lowest BCUT2D eigenvalue weighted by Crippen LogP contribution is -2.62. The zero-order valence-corrected chi connectivity index (χ0v) is 34.8. The molecule has 10 heterocycles. The molecular formula is C46H60N8O6. The van der Waals surface area contributed by atoms with E-state index in [9.17, 15) is 0 Å². The van der Waals surface area contributed by atoms with E-state index in [-0.39, 0.29) is 11.2 Å². The maximum Gasteiger partial charge on any atom is 0.318 e. The quantitative estimate of drug-likeness (QED) is 0.219. The van der Waals surface area contributed by atoms with E-state index in [0.717, 1.165) is 118 Å². The number of benzene rings is 2. The van der Waals surface area contributed by atoms with Crippen molar-refractivity contribution in [3.8, 4) is 0 Å². The van der Waals surface area contributed by atoms with Crippen LogP contribution < -0.4 is 9.80 Å². The maximum absolute atomic E-state index is 6.28. The minimum absolute atomic E-state index is 0.0228. The molecule has 2 aromatic carbocycles. The second-order valence-electron chi connectivity index (χ2n) is 18.9. The number of hydrogen-bond donors (Lipinski definition) is 0. The van der Waals surface area contributed by atoms with Gasteiger partial charge in [0.15, 0.2) is 0 Å². The van der Waals surface area contributed by atoms with E-state index in [2.05, 4.69) is 88.5 Å². The molecule has 8 fully saturated rings. The molecule has 4 atom stereocenters. The van der Waals surface area contributed by atoms with Gasteiger partial charge in [-0.15, -0.1) is 10.2 Å². The number of piperidine rings is 2. The standard InChI is InChI=1S/2C23H30N4O3/c2*1-2-4-21(18-7-10-28-12-18)20(3-1)17-5-8-26(9-6-17)19-11-23(30-13-19)14-27(15-23)22-25-24-16-29-22/h2*1-4,16-19H,5-15H2/t2*18?,19-/m00/s1. The van der Waals surface area contributed by atoms with E-state index in [4.69, 9.17) is 27.8 Å². The third-order valence-electron chi connectivity index (χ3n) is 15.2. The Balaban J connectivity index is 0.000000136. The number of rotatable bonds is 8. The summed E-state index contributed by atoms with van der Waals surface area (Å²) in [6.07, 6.45) is 12.3. The number of ether oxygens (including phenoxy) is 4. The van der Waals surface area contributed by atoms with Crippen molar-refractivity contribution in [3.63, 3.8) is 0 Å². The summed E-state index contributed by atoms with van der Waals surface area (Å²) in [5.74, 6) is 2.52. The van der Waals surface area contributed by atoms with Crippen LogP contribution in [0.15, 0.2) is 70.2 Å². The molecule has 0 amide bonds. The number of likely N-dealkylation sites (tertiary alicyclic amines) is 2. The summed E-state index contributed by atoms with van der Waals surface area (Å²) in [6.45, 7) is 13.4. The van der Waals surface area contributed by atoms with E-state index in [1.54, 1.807) is 11.1 Å². The fraction of sp³-hybridized carbons (Fsp3) is 0.652. The molecule has 8 aliphatic rings. The molecule has 14 heteroatoms. The molecule has 8 saturated heterocycles. The summed E-state index contributed by atoms with van der Waals surface area (Å²) < 4.78 is 34.5. The highest BCUT2D eigenvalue weighted by Crippen LogP contribution is 2.43. The molecule has 60 heavy (non-hydrogen) atoms. The molecule has 0 radical (unpaired) electrons. The lowest BCUT2D eigenvalue weighted by Gasteiger charge is -2.46. The van der Waals surface area contributed by atoms with Crippen LogP contribution >= 0.6 is 0 Å². The summed E-state index contributed by atoms with van der Waals surface area (Å²) in [7, 11) is 0. The van der Waals surface area contributed by atoms with E-state index in [1.165, 1.54) is 49.6 Å². The van der Waals surface area contributed by atoms with Crippen LogP contribution in [-0.2, 0) is 18.9 Å². The first-order chi connectivity index (χ1) is 29.6. The molecule has 0 aliphatic carbocycles. The molecular weight excluding hydrogens is 761 g/mol. The zero-order chi connectivity index (χ0) is 39.9. The van der Waals surface area contributed by atoms with Crippen LogP contribution in [0.2, 0.25) is 0 Å². The van der Waals surface area contributed by atoms with Gasteiger partial charge in [-0.3, -0.25) is 9.80 Å². The molecule has 0 bridgehead atoms. The normalized spacial score (nSPS) is 29.5. The van der Waals surface area contributed by atoms with Crippen LogP contribution in [-0.4, -0.2) is 145 Å². The number of nitrogens with zero attached hydrogens (tertiary/aromatic N) is 8. The van der Waals surface area contributed by atoms with Gasteiger partial charge >= 0.3 is 12.0 Å². The highest BCUT2D eigenvalue weighted by molar-refractivity contribution is 5.37.